The number of benzene rings is 1. The van der Waals surface area contributed by atoms with Crippen LogP contribution in [0, 0.1) is 0 Å². The molecule has 0 aliphatic carbocycles. The Labute approximate surface area is 165 Å². The third-order valence-electron chi connectivity index (χ3n) is 4.56. The Morgan fingerprint density at radius 2 is 2.07 bits per heavy atom. The summed E-state index contributed by atoms with van der Waals surface area (Å²) in [6, 6.07) is 4.19. The van der Waals surface area contributed by atoms with Crippen molar-refractivity contribution in [2.75, 3.05) is 19.0 Å². The Morgan fingerprint density at radius 3 is 2.64 bits per heavy atom. The highest BCUT2D eigenvalue weighted by Crippen LogP contribution is 2.46. The number of aromatic nitrogens is 2. The van der Waals surface area contributed by atoms with Crippen LogP contribution < -0.4 is 15.4 Å². The quantitative estimate of drug-likeness (QED) is 0.760. The molecule has 6 nitrogen and oxygen atoms in total. The van der Waals surface area contributed by atoms with E-state index in [2.05, 4.69) is 15.7 Å². The second-order valence-electron chi connectivity index (χ2n) is 6.47. The van der Waals surface area contributed by atoms with Gasteiger partial charge in [-0.1, -0.05) is 30.7 Å². The van der Waals surface area contributed by atoms with Crippen LogP contribution in [0.5, 0.6) is 5.75 Å². The molecular formula is C18H20ClF3N4O2. The Balaban J connectivity index is 1.99. The summed E-state index contributed by atoms with van der Waals surface area (Å²) in [5.74, 6) is -0.0138. The minimum atomic E-state index is -4.55. The summed E-state index contributed by atoms with van der Waals surface area (Å²) in [7, 11) is 1.51. The van der Waals surface area contributed by atoms with Gasteiger partial charge in [0.25, 0.3) is 5.91 Å². The first-order chi connectivity index (χ1) is 13.3. The van der Waals surface area contributed by atoms with Gasteiger partial charge in [0.05, 0.1) is 13.2 Å². The SMILES string of the molecule is CCCNC(=O)c1nn2c(c1Cl)N[C@H](c1ccc(OC)cc1)C[C@@H]2C(F)(F)F. The fourth-order valence-corrected chi connectivity index (χ4v) is 3.38. The van der Waals surface area contributed by atoms with Crippen LogP contribution in [0.2, 0.25) is 5.02 Å². The third-order valence-corrected chi connectivity index (χ3v) is 4.92. The number of methoxy groups -OCH3 is 1. The van der Waals surface area contributed by atoms with Crippen molar-refractivity contribution < 1.29 is 22.7 Å². The van der Waals surface area contributed by atoms with Crippen LogP contribution in [0.4, 0.5) is 19.0 Å². The van der Waals surface area contributed by atoms with E-state index in [9.17, 15) is 18.0 Å². The molecule has 1 aromatic heterocycles. The largest absolute Gasteiger partial charge is 0.497 e. The number of alkyl halides is 3. The van der Waals surface area contributed by atoms with E-state index in [-0.39, 0.29) is 23.0 Å². The van der Waals surface area contributed by atoms with E-state index in [1.165, 1.54) is 7.11 Å². The molecule has 2 aromatic rings. The Hall–Kier alpha value is -2.42. The van der Waals surface area contributed by atoms with E-state index in [4.69, 9.17) is 16.3 Å². The molecule has 10 heteroatoms. The number of amides is 1. The van der Waals surface area contributed by atoms with E-state index in [0.717, 1.165) is 4.68 Å². The van der Waals surface area contributed by atoms with Gasteiger partial charge >= 0.3 is 6.18 Å². The molecule has 0 radical (unpaired) electrons. The number of nitrogens with one attached hydrogen (secondary N) is 2. The summed E-state index contributed by atoms with van der Waals surface area (Å²) in [6.45, 7) is 2.24. The summed E-state index contributed by atoms with van der Waals surface area (Å²) in [5, 5.41) is 9.34. The van der Waals surface area contributed by atoms with Crippen molar-refractivity contribution in [1.82, 2.24) is 15.1 Å². The van der Waals surface area contributed by atoms with Crippen molar-refractivity contribution in [3.8, 4) is 5.75 Å². The smallest absolute Gasteiger partial charge is 0.410 e. The first-order valence-corrected chi connectivity index (χ1v) is 9.17. The first-order valence-electron chi connectivity index (χ1n) is 8.79. The zero-order chi connectivity index (χ0) is 20.5. The second kappa shape index (κ2) is 7.90. The van der Waals surface area contributed by atoms with Crippen LogP contribution >= 0.6 is 11.6 Å². The van der Waals surface area contributed by atoms with E-state index < -0.39 is 24.2 Å². The van der Waals surface area contributed by atoms with Crippen molar-refractivity contribution in [2.45, 2.75) is 38.0 Å². The van der Waals surface area contributed by atoms with E-state index in [1.54, 1.807) is 24.3 Å². The van der Waals surface area contributed by atoms with Gasteiger partial charge in [0, 0.05) is 13.0 Å². The molecule has 3 rings (SSSR count). The molecular weight excluding hydrogens is 397 g/mol. The summed E-state index contributed by atoms with van der Waals surface area (Å²) in [6.07, 6.45) is -4.15. The van der Waals surface area contributed by atoms with Crippen LogP contribution in [0.25, 0.3) is 0 Å². The van der Waals surface area contributed by atoms with Gasteiger partial charge in [-0.15, -0.1) is 0 Å². The predicted octanol–water partition coefficient (Wildman–Crippen LogP) is 4.35. The Kier molecular flexibility index (Phi) is 5.74. The van der Waals surface area contributed by atoms with E-state index in [0.29, 0.717) is 24.3 Å². The van der Waals surface area contributed by atoms with E-state index in [1.807, 2.05) is 6.92 Å². The topological polar surface area (TPSA) is 68.2 Å². The molecule has 0 fully saturated rings. The molecule has 0 saturated heterocycles. The average molecular weight is 417 g/mol. The highest BCUT2D eigenvalue weighted by molar-refractivity contribution is 6.36. The standard InChI is InChI=1S/C18H20ClF3N4O2/c1-3-8-23-17(27)15-14(19)16-24-12(10-4-6-11(28-2)7-5-10)9-13(18(20,21)22)26(16)25-15/h4-7,12-13,24H,3,8-9H2,1-2H3,(H,23,27)/t12-,13+/m0/s1. The fourth-order valence-electron chi connectivity index (χ4n) is 3.11. The number of fused-ring (bicyclic) bond motifs is 1. The lowest BCUT2D eigenvalue weighted by Crippen LogP contribution is -2.36. The number of carbonyl (C=O) groups excluding carboxylic acids is 1. The number of hydrogen-bond donors (Lipinski definition) is 2. The number of anilines is 1. The molecule has 2 N–H and O–H groups in total. The first kappa shape index (κ1) is 20.3. The van der Waals surface area contributed by atoms with Gasteiger partial charge in [-0.25, -0.2) is 4.68 Å². The fraction of sp³-hybridized carbons (Fsp3) is 0.444. The normalized spacial score (nSPS) is 18.9. The molecule has 0 saturated carbocycles. The highest BCUT2D eigenvalue weighted by Gasteiger charge is 2.47. The van der Waals surface area contributed by atoms with Crippen molar-refractivity contribution in [1.29, 1.82) is 0 Å². The number of carbonyl (C=O) groups is 1. The van der Waals surface area contributed by atoms with Crippen molar-refractivity contribution in [3.63, 3.8) is 0 Å². The maximum absolute atomic E-state index is 13.7. The van der Waals surface area contributed by atoms with Gasteiger partial charge in [0.1, 0.15) is 16.6 Å². The number of nitrogens with zero attached hydrogens (tertiary/aromatic N) is 2. The molecule has 0 spiro atoms. The molecule has 2 atom stereocenters. The molecule has 2 heterocycles. The minimum Gasteiger partial charge on any atom is -0.497 e. The summed E-state index contributed by atoms with van der Waals surface area (Å²) < 4.78 is 47.0. The third kappa shape index (κ3) is 3.89. The van der Waals surface area contributed by atoms with Crippen LogP contribution in [0.3, 0.4) is 0 Å². The predicted molar refractivity (Wildman–Crippen MR) is 98.9 cm³/mol. The summed E-state index contributed by atoms with van der Waals surface area (Å²) >= 11 is 6.24. The van der Waals surface area contributed by atoms with Crippen LogP contribution in [-0.2, 0) is 0 Å². The zero-order valence-corrected chi connectivity index (χ0v) is 16.1. The summed E-state index contributed by atoms with van der Waals surface area (Å²) in [4.78, 5) is 12.2. The number of halogens is 4. The molecule has 152 valence electrons. The van der Waals surface area contributed by atoms with Crippen LogP contribution in [-0.4, -0.2) is 35.5 Å². The lowest BCUT2D eigenvalue weighted by Gasteiger charge is -2.33. The van der Waals surface area contributed by atoms with Gasteiger partial charge in [0.15, 0.2) is 11.7 Å². The van der Waals surface area contributed by atoms with Gasteiger partial charge in [-0.05, 0) is 24.1 Å². The molecule has 1 aromatic carbocycles. The van der Waals surface area contributed by atoms with Gasteiger partial charge in [-0.3, -0.25) is 4.79 Å². The Bertz CT molecular complexity index is 852. The second-order valence-corrected chi connectivity index (χ2v) is 6.85. The monoisotopic (exact) mass is 416 g/mol. The summed E-state index contributed by atoms with van der Waals surface area (Å²) in [5.41, 5.74) is 0.429. The van der Waals surface area contributed by atoms with E-state index >= 15 is 0 Å². The minimum absolute atomic E-state index is 0.0160. The average Bonchev–Trinajstić information content (AvgIpc) is 3.01. The molecule has 1 aliphatic heterocycles. The molecule has 1 aliphatic rings. The molecule has 1 amide bonds. The van der Waals surface area contributed by atoms with Crippen molar-refractivity contribution >= 4 is 23.3 Å². The zero-order valence-electron chi connectivity index (χ0n) is 15.3. The van der Waals surface area contributed by atoms with Crippen molar-refractivity contribution in [3.05, 3.63) is 40.5 Å². The maximum atomic E-state index is 13.7. The van der Waals surface area contributed by atoms with Crippen LogP contribution in [0.15, 0.2) is 24.3 Å². The van der Waals surface area contributed by atoms with Gasteiger partial charge < -0.3 is 15.4 Å². The lowest BCUT2D eigenvalue weighted by molar-refractivity contribution is -0.173. The Morgan fingerprint density at radius 1 is 1.39 bits per heavy atom. The molecule has 0 unspecified atom stereocenters. The van der Waals surface area contributed by atoms with Gasteiger partial charge in [0.2, 0.25) is 0 Å². The van der Waals surface area contributed by atoms with Gasteiger partial charge in [-0.2, -0.15) is 18.3 Å². The lowest BCUT2D eigenvalue weighted by atomic mass is 9.97. The highest BCUT2D eigenvalue weighted by atomic mass is 35.5. The van der Waals surface area contributed by atoms with Crippen molar-refractivity contribution in [2.24, 2.45) is 0 Å². The number of ether oxygens (including phenoxy) is 1. The molecule has 0 bridgehead atoms. The number of rotatable bonds is 5. The maximum Gasteiger partial charge on any atom is 0.410 e. The number of hydrogen-bond acceptors (Lipinski definition) is 4. The molecule has 28 heavy (non-hydrogen) atoms. The van der Waals surface area contributed by atoms with Crippen LogP contribution in [0.1, 0.15) is 47.9 Å².